The molecule has 0 aliphatic heterocycles. The minimum Gasteiger partial charge on any atom is -0.495 e. The molecule has 1 N–H and O–H groups in total. The number of aryl methyl sites for hydroxylation is 1. The molecule has 0 saturated carbocycles. The van der Waals surface area contributed by atoms with Crippen LogP contribution in [0.2, 0.25) is 0 Å². The molecule has 0 amide bonds. The van der Waals surface area contributed by atoms with Crippen LogP contribution in [0, 0.1) is 12.7 Å². The van der Waals surface area contributed by atoms with Gasteiger partial charge in [-0.25, -0.2) is 12.8 Å². The van der Waals surface area contributed by atoms with Crippen LogP contribution in [0.15, 0.2) is 45.8 Å². The van der Waals surface area contributed by atoms with E-state index in [0.29, 0.717) is 15.7 Å². The summed E-state index contributed by atoms with van der Waals surface area (Å²) < 4.78 is 46.1. The normalized spacial score (nSPS) is 11.2. The molecule has 0 aliphatic rings. The van der Waals surface area contributed by atoms with E-state index in [1.165, 1.54) is 31.4 Å². The highest BCUT2D eigenvalue weighted by atomic mass is 79.9. The maximum Gasteiger partial charge on any atom is 0.265 e. The van der Waals surface area contributed by atoms with E-state index < -0.39 is 15.8 Å². The minimum atomic E-state index is -3.84. The van der Waals surface area contributed by atoms with E-state index in [4.69, 9.17) is 4.74 Å². The fraction of sp³-hybridized carbons (Fsp3) is 0.143. The van der Waals surface area contributed by atoms with Gasteiger partial charge in [0.05, 0.1) is 12.8 Å². The lowest BCUT2D eigenvalue weighted by Crippen LogP contribution is -2.15. The highest BCUT2D eigenvalue weighted by Crippen LogP contribution is 2.29. The van der Waals surface area contributed by atoms with Crippen LogP contribution in [0.1, 0.15) is 5.56 Å². The molecule has 0 saturated heterocycles. The van der Waals surface area contributed by atoms with Gasteiger partial charge in [0.25, 0.3) is 10.0 Å². The summed E-state index contributed by atoms with van der Waals surface area (Å²) >= 11 is 3.23. The Hall–Kier alpha value is -1.60. The molecule has 21 heavy (non-hydrogen) atoms. The molecule has 4 nitrogen and oxygen atoms in total. The number of sulfonamides is 1. The summed E-state index contributed by atoms with van der Waals surface area (Å²) in [4.78, 5) is 0.00287. The molecule has 7 heteroatoms. The highest BCUT2D eigenvalue weighted by Gasteiger charge is 2.20. The Labute approximate surface area is 131 Å². The number of benzene rings is 2. The van der Waals surface area contributed by atoms with Gasteiger partial charge in [-0.1, -0.05) is 15.9 Å². The Morgan fingerprint density at radius 2 is 1.90 bits per heavy atom. The Balaban J connectivity index is 2.45. The lowest BCUT2D eigenvalue weighted by Gasteiger charge is -2.13. The molecule has 0 spiro atoms. The van der Waals surface area contributed by atoms with Crippen molar-refractivity contribution < 1.29 is 17.5 Å². The molecule has 0 atom stereocenters. The number of nitrogens with one attached hydrogen (secondary N) is 1. The number of methoxy groups -OCH3 is 1. The molecule has 0 radical (unpaired) electrons. The predicted molar refractivity (Wildman–Crippen MR) is 82.6 cm³/mol. The average Bonchev–Trinajstić information content (AvgIpc) is 2.42. The third kappa shape index (κ3) is 3.54. The van der Waals surface area contributed by atoms with Crippen LogP contribution in [0.5, 0.6) is 5.75 Å². The molecule has 0 aromatic heterocycles. The van der Waals surface area contributed by atoms with E-state index in [1.54, 1.807) is 19.1 Å². The van der Waals surface area contributed by atoms with Gasteiger partial charge >= 0.3 is 0 Å². The molecule has 2 rings (SSSR count). The van der Waals surface area contributed by atoms with Crippen LogP contribution in [-0.2, 0) is 10.0 Å². The monoisotopic (exact) mass is 373 g/mol. The van der Waals surface area contributed by atoms with Crippen molar-refractivity contribution in [1.29, 1.82) is 0 Å². The van der Waals surface area contributed by atoms with Crippen molar-refractivity contribution in [2.45, 2.75) is 11.8 Å². The van der Waals surface area contributed by atoms with Gasteiger partial charge in [-0.3, -0.25) is 4.72 Å². The molecule has 2 aromatic rings. The molecule has 112 valence electrons. The van der Waals surface area contributed by atoms with Crippen molar-refractivity contribution in [3.63, 3.8) is 0 Å². The molecular weight excluding hydrogens is 361 g/mol. The first-order valence-electron chi connectivity index (χ1n) is 5.96. The predicted octanol–water partition coefficient (Wildman–Crippen LogP) is 3.71. The minimum absolute atomic E-state index is 0.00287. The summed E-state index contributed by atoms with van der Waals surface area (Å²) in [5, 5.41) is 0. The standard InChI is InChI=1S/C14H13BrFNO3S/c1-9-7-11(16)4-5-12(9)17-21(18,19)14-8-10(15)3-6-13(14)20-2/h3-8,17H,1-2H3. The summed E-state index contributed by atoms with van der Waals surface area (Å²) in [6, 6.07) is 8.52. The summed E-state index contributed by atoms with van der Waals surface area (Å²) in [6.45, 7) is 1.62. The zero-order valence-electron chi connectivity index (χ0n) is 11.4. The van der Waals surface area contributed by atoms with E-state index >= 15 is 0 Å². The van der Waals surface area contributed by atoms with Gasteiger partial charge in [0.1, 0.15) is 16.5 Å². The summed E-state index contributed by atoms with van der Waals surface area (Å²) in [6.07, 6.45) is 0. The van der Waals surface area contributed by atoms with E-state index in [0.717, 1.165) is 0 Å². The van der Waals surface area contributed by atoms with Gasteiger partial charge in [-0.2, -0.15) is 0 Å². The van der Waals surface area contributed by atoms with Gasteiger partial charge < -0.3 is 4.74 Å². The number of hydrogen-bond acceptors (Lipinski definition) is 3. The molecule has 0 aliphatic carbocycles. The van der Waals surface area contributed by atoms with Crippen molar-refractivity contribution in [1.82, 2.24) is 0 Å². The third-order valence-electron chi connectivity index (χ3n) is 2.85. The second-order valence-corrected chi connectivity index (χ2v) is 6.93. The number of hydrogen-bond donors (Lipinski definition) is 1. The lowest BCUT2D eigenvalue weighted by atomic mass is 10.2. The van der Waals surface area contributed by atoms with Gasteiger partial charge in [-0.15, -0.1) is 0 Å². The fourth-order valence-corrected chi connectivity index (χ4v) is 3.64. The second kappa shape index (κ2) is 6.03. The Morgan fingerprint density at radius 1 is 1.19 bits per heavy atom. The van der Waals surface area contributed by atoms with Crippen LogP contribution < -0.4 is 9.46 Å². The number of halogens is 2. The lowest BCUT2D eigenvalue weighted by molar-refractivity contribution is 0.403. The summed E-state index contributed by atoms with van der Waals surface area (Å²) in [5.41, 5.74) is 0.811. The largest absolute Gasteiger partial charge is 0.495 e. The van der Waals surface area contributed by atoms with Crippen LogP contribution in [0.25, 0.3) is 0 Å². The van der Waals surface area contributed by atoms with Crippen molar-refractivity contribution in [2.75, 3.05) is 11.8 Å². The van der Waals surface area contributed by atoms with Gasteiger partial charge in [0, 0.05) is 4.47 Å². The Kier molecular flexibility index (Phi) is 4.53. The smallest absolute Gasteiger partial charge is 0.265 e. The molecule has 0 unspecified atom stereocenters. The number of ether oxygens (including phenoxy) is 1. The van der Waals surface area contributed by atoms with Gasteiger partial charge in [-0.05, 0) is 48.9 Å². The first kappa shape index (κ1) is 15.8. The SMILES string of the molecule is COc1ccc(Br)cc1S(=O)(=O)Nc1ccc(F)cc1C. The zero-order chi connectivity index (χ0) is 15.6. The number of rotatable bonds is 4. The maximum absolute atomic E-state index is 13.1. The second-order valence-electron chi connectivity index (χ2n) is 4.36. The molecule has 0 bridgehead atoms. The topological polar surface area (TPSA) is 55.4 Å². The molecule has 2 aromatic carbocycles. The van der Waals surface area contributed by atoms with Crippen molar-refractivity contribution >= 4 is 31.6 Å². The molecule has 0 fully saturated rings. The Morgan fingerprint density at radius 3 is 2.52 bits per heavy atom. The zero-order valence-corrected chi connectivity index (χ0v) is 13.8. The van der Waals surface area contributed by atoms with E-state index in [2.05, 4.69) is 20.7 Å². The Bertz CT molecular complexity index is 778. The summed E-state index contributed by atoms with van der Waals surface area (Å²) in [7, 11) is -2.45. The summed E-state index contributed by atoms with van der Waals surface area (Å²) in [5.74, 6) is -0.194. The van der Waals surface area contributed by atoms with Crippen LogP contribution in [0.3, 0.4) is 0 Å². The van der Waals surface area contributed by atoms with Crippen molar-refractivity contribution in [3.05, 3.63) is 52.3 Å². The van der Waals surface area contributed by atoms with Crippen LogP contribution >= 0.6 is 15.9 Å². The van der Waals surface area contributed by atoms with Gasteiger partial charge in [0.2, 0.25) is 0 Å². The van der Waals surface area contributed by atoms with E-state index in [1.807, 2.05) is 0 Å². The van der Waals surface area contributed by atoms with Gasteiger partial charge in [0.15, 0.2) is 0 Å². The van der Waals surface area contributed by atoms with Crippen LogP contribution in [0.4, 0.5) is 10.1 Å². The van der Waals surface area contributed by atoms with Crippen molar-refractivity contribution in [3.8, 4) is 5.75 Å². The number of anilines is 1. The first-order valence-corrected chi connectivity index (χ1v) is 8.23. The molecule has 0 heterocycles. The maximum atomic E-state index is 13.1. The van der Waals surface area contributed by atoms with E-state index in [9.17, 15) is 12.8 Å². The first-order chi connectivity index (χ1) is 9.83. The average molecular weight is 374 g/mol. The third-order valence-corrected chi connectivity index (χ3v) is 4.73. The van der Waals surface area contributed by atoms with E-state index in [-0.39, 0.29) is 10.6 Å². The quantitative estimate of drug-likeness (QED) is 0.888. The van der Waals surface area contributed by atoms with Crippen molar-refractivity contribution in [2.24, 2.45) is 0 Å². The highest BCUT2D eigenvalue weighted by molar-refractivity contribution is 9.10. The van der Waals surface area contributed by atoms with Crippen LogP contribution in [-0.4, -0.2) is 15.5 Å². The molecular formula is C14H13BrFNO3S. The fourth-order valence-electron chi connectivity index (χ4n) is 1.80.